The van der Waals surface area contributed by atoms with E-state index in [2.05, 4.69) is 0 Å². The molecule has 0 spiro atoms. The molecule has 0 nitrogen and oxygen atoms in total. The fourth-order valence-electron chi connectivity index (χ4n) is 0. The first-order valence-corrected chi connectivity index (χ1v) is 0. The third-order valence-electron chi connectivity index (χ3n) is 0. The van der Waals surface area contributed by atoms with E-state index in [-0.39, 0.29) is 120 Å². The second kappa shape index (κ2) is 57.0. The Morgan fingerprint density at radius 2 is 0.571 bits per heavy atom. The van der Waals surface area contributed by atoms with Crippen LogP contribution < -0.4 is 84.9 Å². The Bertz CT molecular complexity index is 12.4. The largest absolute Gasteiger partial charge is 2.00 e. The first kappa shape index (κ1) is 78.9. The molecule has 7 heavy (non-hydrogen) atoms. The van der Waals surface area contributed by atoms with Gasteiger partial charge in [0.15, 0.2) is 0 Å². The summed E-state index contributed by atoms with van der Waals surface area (Å²) in [4.78, 5) is 0. The van der Waals surface area contributed by atoms with Crippen LogP contribution in [0.3, 0.4) is 0 Å². The Morgan fingerprint density at radius 1 is 0.571 bits per heavy atom. The molecule has 0 aromatic carbocycles. The van der Waals surface area contributed by atoms with Crippen LogP contribution in [-0.4, -0.2) is 0 Å². The zero-order chi connectivity index (χ0) is 0. The maximum Gasteiger partial charge on any atom is 2.00 e. The zero-order valence-corrected chi connectivity index (χ0v) is 12.8. The van der Waals surface area contributed by atoms with Gasteiger partial charge in [-0.15, -0.1) is 0 Å². The number of hydrogen-bond donors (Lipinski definition) is 0. The summed E-state index contributed by atoms with van der Waals surface area (Å²) < 4.78 is 0. The predicted octanol–water partition coefficient (Wildman–Crippen LogP) is -14.9. The van der Waals surface area contributed by atoms with Crippen LogP contribution in [0, 0.1) is 0 Å². The molecule has 0 fully saturated rings. The quantitative estimate of drug-likeness (QED) is 0.282. The molecular weight excluding hydrogens is 513 g/mol. The first-order valence-electron chi connectivity index (χ1n) is 0. The Kier molecular flexibility index (Phi) is 643. The van der Waals surface area contributed by atoms with Gasteiger partial charge >= 0.3 is 35.3 Å². The Balaban J connectivity index is 0. The minimum absolute atomic E-state index is 0. The van der Waals surface area contributed by atoms with Gasteiger partial charge in [-0.3, -0.25) is 0 Å². The minimum Gasteiger partial charge on any atom is -1.00 e. The molecule has 0 aliphatic carbocycles. The van der Waals surface area contributed by atoms with E-state index in [1.807, 2.05) is 0 Å². The molecule has 52 valence electrons. The van der Waals surface area contributed by atoms with Crippen molar-refractivity contribution in [3.05, 3.63) is 0 Å². The standard InChI is InChI=1S/5BrH.Co.Mn/h5*1H;;/q;;;;;2*+2/p-4. The zero-order valence-electron chi connectivity index (χ0n) is 3.60. The van der Waals surface area contributed by atoms with Gasteiger partial charge in [0.05, 0.1) is 0 Å². The van der Waals surface area contributed by atoms with E-state index in [4.69, 9.17) is 0 Å². The van der Waals surface area contributed by atoms with Crippen LogP contribution in [-0.2, 0) is 33.8 Å². The fraction of sp³-hybridized carbons (Fsp3) is 0. The maximum absolute atomic E-state index is 0. The molecule has 0 atom stereocenters. The monoisotopic (exact) mass is 509 g/mol. The van der Waals surface area contributed by atoms with Crippen molar-refractivity contribution in [1.82, 2.24) is 0 Å². The third-order valence-corrected chi connectivity index (χ3v) is 0. The van der Waals surface area contributed by atoms with Crippen LogP contribution >= 0.6 is 0 Å². The molecule has 0 aliphatic heterocycles. The average Bonchev–Trinajstić information content (AvgIpc) is 0. The summed E-state index contributed by atoms with van der Waals surface area (Å²) in [5.74, 6) is 0. The van der Waals surface area contributed by atoms with E-state index in [1.54, 1.807) is 0 Å². The predicted molar refractivity (Wildman–Crippen MR) is 1.11 cm³/mol. The van der Waals surface area contributed by atoms with Crippen molar-refractivity contribution in [3.63, 3.8) is 0 Å². The molecule has 0 bridgehead atoms. The molecule has 7 heteroatoms. The van der Waals surface area contributed by atoms with Crippen molar-refractivity contribution < 1.29 is 120 Å². The summed E-state index contributed by atoms with van der Waals surface area (Å²) in [6.07, 6.45) is 0. The summed E-state index contributed by atoms with van der Waals surface area (Å²) in [7, 11) is 0. The topological polar surface area (TPSA) is 0 Å². The second-order valence-corrected chi connectivity index (χ2v) is 0. The number of halogens is 5. The van der Waals surface area contributed by atoms with Gasteiger partial charge in [0.2, 0.25) is 0 Å². The molecule has 0 saturated carbocycles. The van der Waals surface area contributed by atoms with E-state index < -0.39 is 0 Å². The molecule has 0 aromatic rings. The maximum atomic E-state index is 0. The summed E-state index contributed by atoms with van der Waals surface area (Å²) in [6, 6.07) is 0. The van der Waals surface area contributed by atoms with Crippen LogP contribution in [0.1, 0.15) is 1.43 Å². The molecule has 0 unspecified atom stereocenters. The Morgan fingerprint density at radius 3 is 0.571 bits per heavy atom. The van der Waals surface area contributed by atoms with Gasteiger partial charge in [-0.25, -0.2) is 0 Å². The minimum atomic E-state index is 0. The Labute approximate surface area is 118 Å². The van der Waals surface area contributed by atoms with Gasteiger partial charge in [0, 0.05) is 0 Å². The SMILES string of the molecule is [Br-].[Br-].[Br-].[Br-].[Br-].[Co+2].[H+].[Mn+2]. The van der Waals surface area contributed by atoms with Gasteiger partial charge in [0.1, 0.15) is 0 Å². The number of hydrogen-bond acceptors (Lipinski definition) is 0. The molecule has 0 aliphatic rings. The molecule has 2 radical (unpaired) electrons. The summed E-state index contributed by atoms with van der Waals surface area (Å²) >= 11 is 0. The molecule has 0 aromatic heterocycles. The van der Waals surface area contributed by atoms with E-state index >= 15 is 0 Å². The van der Waals surface area contributed by atoms with Crippen LogP contribution in [0.15, 0.2) is 0 Å². The first-order chi connectivity index (χ1) is 0. The van der Waals surface area contributed by atoms with E-state index in [0.29, 0.717) is 0 Å². The molecule has 0 rings (SSSR count). The van der Waals surface area contributed by atoms with Gasteiger partial charge < -0.3 is 84.9 Å². The van der Waals surface area contributed by atoms with Gasteiger partial charge in [-0.1, -0.05) is 0 Å². The Hall–Kier alpha value is 3.43. The second-order valence-electron chi connectivity index (χ2n) is 0. The van der Waals surface area contributed by atoms with Gasteiger partial charge in [-0.05, 0) is 0 Å². The van der Waals surface area contributed by atoms with Crippen LogP contribution in [0.25, 0.3) is 0 Å². The fourth-order valence-corrected chi connectivity index (χ4v) is 0. The average molecular weight is 514 g/mol. The molecule has 0 N–H and O–H groups in total. The van der Waals surface area contributed by atoms with E-state index in [1.165, 1.54) is 0 Å². The van der Waals surface area contributed by atoms with Crippen molar-refractivity contribution >= 4 is 0 Å². The molecule has 0 heterocycles. The van der Waals surface area contributed by atoms with Crippen LogP contribution in [0.4, 0.5) is 0 Å². The smallest absolute Gasteiger partial charge is 1.00 e. The van der Waals surface area contributed by atoms with Crippen molar-refractivity contribution in [1.29, 1.82) is 0 Å². The van der Waals surface area contributed by atoms with Crippen LogP contribution in [0.5, 0.6) is 0 Å². The molecule has 0 amide bonds. The summed E-state index contributed by atoms with van der Waals surface area (Å²) in [5.41, 5.74) is 0. The normalized spacial score (nSPS) is 0. The molecular formula is HBr5CoMn. The number of rotatable bonds is 0. The summed E-state index contributed by atoms with van der Waals surface area (Å²) in [5, 5.41) is 0. The van der Waals surface area contributed by atoms with Crippen LogP contribution in [0.2, 0.25) is 0 Å². The van der Waals surface area contributed by atoms with Crippen molar-refractivity contribution in [2.45, 2.75) is 0 Å². The van der Waals surface area contributed by atoms with Crippen molar-refractivity contribution in [2.24, 2.45) is 0 Å². The van der Waals surface area contributed by atoms with E-state index in [0.717, 1.165) is 0 Å². The molecule has 0 saturated heterocycles. The van der Waals surface area contributed by atoms with Crippen molar-refractivity contribution in [2.75, 3.05) is 0 Å². The summed E-state index contributed by atoms with van der Waals surface area (Å²) in [6.45, 7) is 0. The van der Waals surface area contributed by atoms with Gasteiger partial charge in [0.25, 0.3) is 0 Å². The van der Waals surface area contributed by atoms with E-state index in [9.17, 15) is 0 Å². The van der Waals surface area contributed by atoms with Crippen molar-refractivity contribution in [3.8, 4) is 0 Å². The third kappa shape index (κ3) is 44.3. The van der Waals surface area contributed by atoms with Gasteiger partial charge in [-0.2, -0.15) is 0 Å².